The zero-order chi connectivity index (χ0) is 13.1. The van der Waals surface area contributed by atoms with Crippen LogP contribution in [0.25, 0.3) is 0 Å². The van der Waals surface area contributed by atoms with Crippen LogP contribution in [0.3, 0.4) is 0 Å². The molecule has 2 atom stereocenters. The van der Waals surface area contributed by atoms with Crippen LogP contribution in [0.2, 0.25) is 0 Å². The van der Waals surface area contributed by atoms with Crippen molar-refractivity contribution < 1.29 is 14.3 Å². The standard InChI is InChI=1S/C12H24N2O3/c1-9-6-13-7-10(8-16-5)14(9)11(15)17-12(2,3)4/h9-10,13H,6-8H2,1-5H3/t9-,10+/m0/s1. The van der Waals surface area contributed by atoms with E-state index in [0.717, 1.165) is 13.1 Å². The van der Waals surface area contributed by atoms with E-state index in [1.165, 1.54) is 0 Å². The number of hydrogen-bond donors (Lipinski definition) is 1. The molecule has 1 saturated heterocycles. The van der Waals surface area contributed by atoms with Crippen LogP contribution in [0.4, 0.5) is 4.79 Å². The highest BCUT2D eigenvalue weighted by atomic mass is 16.6. The first-order valence-corrected chi connectivity index (χ1v) is 6.06. The molecule has 0 bridgehead atoms. The molecule has 100 valence electrons. The first-order chi connectivity index (χ1) is 7.85. The number of nitrogens with one attached hydrogen (secondary N) is 1. The maximum absolute atomic E-state index is 12.1. The van der Waals surface area contributed by atoms with E-state index in [1.807, 2.05) is 27.7 Å². The van der Waals surface area contributed by atoms with Gasteiger partial charge in [-0.3, -0.25) is 4.90 Å². The van der Waals surface area contributed by atoms with E-state index in [9.17, 15) is 4.79 Å². The number of carbonyl (C=O) groups is 1. The van der Waals surface area contributed by atoms with Crippen LogP contribution in [0.15, 0.2) is 0 Å². The fraction of sp³-hybridized carbons (Fsp3) is 0.917. The number of methoxy groups -OCH3 is 1. The first kappa shape index (κ1) is 14.3. The molecule has 1 amide bonds. The summed E-state index contributed by atoms with van der Waals surface area (Å²) in [6, 6.07) is 0.164. The summed E-state index contributed by atoms with van der Waals surface area (Å²) in [6.45, 7) is 9.71. The zero-order valence-corrected chi connectivity index (χ0v) is 11.4. The third-order valence-corrected chi connectivity index (χ3v) is 2.65. The number of nitrogens with zero attached hydrogens (tertiary/aromatic N) is 1. The summed E-state index contributed by atoms with van der Waals surface area (Å²) in [7, 11) is 1.65. The van der Waals surface area contributed by atoms with Gasteiger partial charge in [0, 0.05) is 26.2 Å². The highest BCUT2D eigenvalue weighted by molar-refractivity contribution is 5.69. The second kappa shape index (κ2) is 5.69. The predicted molar refractivity (Wildman–Crippen MR) is 66.1 cm³/mol. The molecule has 5 nitrogen and oxygen atoms in total. The van der Waals surface area contributed by atoms with E-state index in [0.29, 0.717) is 6.61 Å². The van der Waals surface area contributed by atoms with Crippen molar-refractivity contribution in [3.63, 3.8) is 0 Å². The Labute approximate surface area is 103 Å². The highest BCUT2D eigenvalue weighted by Crippen LogP contribution is 2.16. The lowest BCUT2D eigenvalue weighted by Gasteiger charge is -2.41. The van der Waals surface area contributed by atoms with E-state index >= 15 is 0 Å². The molecule has 1 fully saturated rings. The molecule has 5 heteroatoms. The summed E-state index contributed by atoms with van der Waals surface area (Å²) in [5.74, 6) is 0. The predicted octanol–water partition coefficient (Wildman–Crippen LogP) is 1.23. The first-order valence-electron chi connectivity index (χ1n) is 6.06. The summed E-state index contributed by atoms with van der Waals surface area (Å²) in [4.78, 5) is 13.9. The number of amides is 1. The summed E-state index contributed by atoms with van der Waals surface area (Å²) in [5, 5.41) is 3.29. The lowest BCUT2D eigenvalue weighted by Crippen LogP contribution is -2.60. The van der Waals surface area contributed by atoms with Gasteiger partial charge in [0.25, 0.3) is 0 Å². The van der Waals surface area contributed by atoms with E-state index in [-0.39, 0.29) is 18.2 Å². The third-order valence-electron chi connectivity index (χ3n) is 2.65. The van der Waals surface area contributed by atoms with Crippen molar-refractivity contribution in [1.82, 2.24) is 10.2 Å². The van der Waals surface area contributed by atoms with E-state index in [1.54, 1.807) is 12.0 Å². The van der Waals surface area contributed by atoms with Gasteiger partial charge in [0.1, 0.15) is 5.60 Å². The Morgan fingerprint density at radius 2 is 2.06 bits per heavy atom. The molecule has 0 spiro atoms. The zero-order valence-electron chi connectivity index (χ0n) is 11.4. The number of hydrogen-bond acceptors (Lipinski definition) is 4. The van der Waals surface area contributed by atoms with Crippen LogP contribution in [0.1, 0.15) is 27.7 Å². The minimum atomic E-state index is -0.459. The molecule has 0 aromatic carbocycles. The molecule has 0 aromatic rings. The van der Waals surface area contributed by atoms with Crippen LogP contribution in [-0.4, -0.2) is 55.5 Å². The fourth-order valence-electron chi connectivity index (χ4n) is 1.99. The van der Waals surface area contributed by atoms with Crippen molar-refractivity contribution in [3.05, 3.63) is 0 Å². The van der Waals surface area contributed by atoms with Crippen molar-refractivity contribution in [3.8, 4) is 0 Å². The van der Waals surface area contributed by atoms with Gasteiger partial charge in [-0.1, -0.05) is 0 Å². The quantitative estimate of drug-likeness (QED) is 0.794. The van der Waals surface area contributed by atoms with Gasteiger partial charge >= 0.3 is 6.09 Å². The van der Waals surface area contributed by atoms with Crippen molar-refractivity contribution in [2.75, 3.05) is 26.8 Å². The molecule has 1 heterocycles. The second-order valence-electron chi connectivity index (χ2n) is 5.50. The van der Waals surface area contributed by atoms with Gasteiger partial charge in [-0.25, -0.2) is 4.79 Å². The molecular formula is C12H24N2O3. The second-order valence-corrected chi connectivity index (χ2v) is 5.50. The Morgan fingerprint density at radius 1 is 1.41 bits per heavy atom. The fourth-order valence-corrected chi connectivity index (χ4v) is 1.99. The number of piperazine rings is 1. The largest absolute Gasteiger partial charge is 0.444 e. The van der Waals surface area contributed by atoms with Gasteiger partial charge in [-0.15, -0.1) is 0 Å². The third kappa shape index (κ3) is 4.16. The SMILES string of the molecule is COC[C@H]1CNC[C@H](C)N1C(=O)OC(C)(C)C. The normalized spacial score (nSPS) is 25.8. The van der Waals surface area contributed by atoms with Crippen molar-refractivity contribution in [1.29, 1.82) is 0 Å². The Kier molecular flexibility index (Phi) is 4.77. The molecule has 0 radical (unpaired) electrons. The average Bonchev–Trinajstić information content (AvgIpc) is 2.15. The molecule has 0 aliphatic carbocycles. The molecule has 0 unspecified atom stereocenters. The molecule has 1 N–H and O–H groups in total. The van der Waals surface area contributed by atoms with E-state index in [2.05, 4.69) is 5.32 Å². The Morgan fingerprint density at radius 3 is 2.59 bits per heavy atom. The van der Waals surface area contributed by atoms with Crippen LogP contribution in [-0.2, 0) is 9.47 Å². The Balaban J connectivity index is 2.70. The van der Waals surface area contributed by atoms with Gasteiger partial charge in [0.15, 0.2) is 0 Å². The molecule has 17 heavy (non-hydrogen) atoms. The smallest absolute Gasteiger partial charge is 0.410 e. The minimum Gasteiger partial charge on any atom is -0.444 e. The van der Waals surface area contributed by atoms with Crippen LogP contribution in [0.5, 0.6) is 0 Å². The maximum atomic E-state index is 12.1. The van der Waals surface area contributed by atoms with Crippen LogP contribution in [0, 0.1) is 0 Å². The molecule has 1 aliphatic rings. The molecule has 0 aromatic heterocycles. The van der Waals surface area contributed by atoms with E-state index in [4.69, 9.17) is 9.47 Å². The monoisotopic (exact) mass is 244 g/mol. The van der Waals surface area contributed by atoms with E-state index < -0.39 is 5.60 Å². The lowest BCUT2D eigenvalue weighted by atomic mass is 10.1. The summed E-state index contributed by atoms with van der Waals surface area (Å²) < 4.78 is 10.6. The summed E-state index contributed by atoms with van der Waals surface area (Å²) in [5.41, 5.74) is -0.459. The number of carbonyl (C=O) groups excluding carboxylic acids is 1. The van der Waals surface area contributed by atoms with Crippen molar-refractivity contribution in [2.24, 2.45) is 0 Å². The van der Waals surface area contributed by atoms with Crippen LogP contribution < -0.4 is 5.32 Å². The number of rotatable bonds is 2. The number of ether oxygens (including phenoxy) is 2. The maximum Gasteiger partial charge on any atom is 0.410 e. The molecular weight excluding hydrogens is 220 g/mol. The van der Waals surface area contributed by atoms with Gasteiger partial charge in [-0.05, 0) is 27.7 Å². The van der Waals surface area contributed by atoms with Crippen molar-refractivity contribution in [2.45, 2.75) is 45.4 Å². The minimum absolute atomic E-state index is 0.0404. The molecule has 1 rings (SSSR count). The molecule has 0 saturated carbocycles. The lowest BCUT2D eigenvalue weighted by molar-refractivity contribution is -0.0122. The Hall–Kier alpha value is -0.810. The Bertz CT molecular complexity index is 261. The summed E-state index contributed by atoms with van der Waals surface area (Å²) >= 11 is 0. The van der Waals surface area contributed by atoms with Gasteiger partial charge in [-0.2, -0.15) is 0 Å². The molecule has 1 aliphatic heterocycles. The average molecular weight is 244 g/mol. The van der Waals surface area contributed by atoms with Crippen LogP contribution >= 0.6 is 0 Å². The van der Waals surface area contributed by atoms with Gasteiger partial charge in [0.05, 0.1) is 12.6 Å². The highest BCUT2D eigenvalue weighted by Gasteiger charge is 2.34. The summed E-state index contributed by atoms with van der Waals surface area (Å²) in [6.07, 6.45) is -0.256. The van der Waals surface area contributed by atoms with Gasteiger partial charge < -0.3 is 14.8 Å². The topological polar surface area (TPSA) is 50.8 Å². The van der Waals surface area contributed by atoms with Gasteiger partial charge in [0.2, 0.25) is 0 Å². The van der Waals surface area contributed by atoms with Crippen molar-refractivity contribution >= 4 is 6.09 Å².